The van der Waals surface area contributed by atoms with Gasteiger partial charge in [0.05, 0.1) is 12.3 Å². The molecule has 0 fully saturated rings. The van der Waals surface area contributed by atoms with E-state index in [2.05, 4.69) is 4.72 Å². The van der Waals surface area contributed by atoms with Crippen LogP contribution < -0.4 is 4.72 Å². The summed E-state index contributed by atoms with van der Waals surface area (Å²) < 4.78 is 29.6. The zero-order valence-corrected chi connectivity index (χ0v) is 8.82. The molecular formula is C8H11NO5S. The zero-order chi connectivity index (χ0) is 11.5. The first-order valence-corrected chi connectivity index (χ1v) is 5.81. The van der Waals surface area contributed by atoms with E-state index in [1.807, 2.05) is 0 Å². The van der Waals surface area contributed by atoms with Crippen LogP contribution in [-0.2, 0) is 14.8 Å². The van der Waals surface area contributed by atoms with Crippen LogP contribution in [-0.4, -0.2) is 25.2 Å². The lowest BCUT2D eigenvalue weighted by Crippen LogP contribution is -2.31. The van der Waals surface area contributed by atoms with Gasteiger partial charge in [0.2, 0.25) is 10.0 Å². The molecule has 0 bridgehead atoms. The lowest BCUT2D eigenvalue weighted by Gasteiger charge is -2.10. The van der Waals surface area contributed by atoms with Crippen molar-refractivity contribution < 1.29 is 22.7 Å². The Kier molecular flexibility index (Phi) is 3.48. The molecule has 1 aromatic rings. The van der Waals surface area contributed by atoms with Crippen LogP contribution in [0.4, 0.5) is 0 Å². The Bertz CT molecular complexity index is 422. The van der Waals surface area contributed by atoms with Gasteiger partial charge in [0.25, 0.3) is 0 Å². The number of carboxylic acids is 1. The minimum atomic E-state index is -3.82. The molecule has 0 spiro atoms. The Labute approximate surface area is 87.0 Å². The number of hydrogen-bond acceptors (Lipinski definition) is 4. The summed E-state index contributed by atoms with van der Waals surface area (Å²) in [6, 6.07) is 2.65. The van der Waals surface area contributed by atoms with Crippen molar-refractivity contribution in [2.45, 2.75) is 13.0 Å². The molecule has 1 aromatic heterocycles. The molecule has 0 saturated heterocycles. The molecule has 2 N–H and O–H groups in total. The average Bonchev–Trinajstić information content (AvgIpc) is 2.50. The highest BCUT2D eigenvalue weighted by Crippen LogP contribution is 2.13. The molecule has 1 atom stereocenters. The van der Waals surface area contributed by atoms with Gasteiger partial charge in [-0.05, 0) is 19.1 Å². The summed E-state index contributed by atoms with van der Waals surface area (Å²) in [5.41, 5.74) is 0. The van der Waals surface area contributed by atoms with Crippen LogP contribution >= 0.6 is 0 Å². The Morgan fingerprint density at radius 2 is 2.33 bits per heavy atom. The fourth-order valence-electron chi connectivity index (χ4n) is 1.07. The van der Waals surface area contributed by atoms with Gasteiger partial charge in [0.1, 0.15) is 5.76 Å². The monoisotopic (exact) mass is 233 g/mol. The van der Waals surface area contributed by atoms with Crippen LogP contribution in [0.3, 0.4) is 0 Å². The first-order valence-electron chi connectivity index (χ1n) is 4.16. The number of hydrogen-bond donors (Lipinski definition) is 2. The van der Waals surface area contributed by atoms with Crippen molar-refractivity contribution in [1.82, 2.24) is 4.72 Å². The van der Waals surface area contributed by atoms with Crippen LogP contribution in [0.2, 0.25) is 0 Å². The number of sulfonamides is 1. The van der Waals surface area contributed by atoms with E-state index in [4.69, 9.17) is 9.52 Å². The van der Waals surface area contributed by atoms with Crippen molar-refractivity contribution in [3.8, 4) is 0 Å². The summed E-state index contributed by atoms with van der Waals surface area (Å²) in [5.74, 6) is -1.91. The van der Waals surface area contributed by atoms with Crippen LogP contribution in [0, 0.1) is 0 Å². The van der Waals surface area contributed by atoms with Crippen molar-refractivity contribution in [2.75, 3.05) is 5.75 Å². The minimum absolute atomic E-state index is 0.434. The Morgan fingerprint density at radius 3 is 2.80 bits per heavy atom. The molecule has 0 aliphatic rings. The van der Waals surface area contributed by atoms with Gasteiger partial charge in [-0.3, -0.25) is 4.79 Å². The van der Waals surface area contributed by atoms with Gasteiger partial charge in [-0.25, -0.2) is 13.1 Å². The van der Waals surface area contributed by atoms with Crippen LogP contribution in [0.5, 0.6) is 0 Å². The molecule has 7 heteroatoms. The molecule has 1 rings (SSSR count). The number of carbonyl (C=O) groups is 1. The van der Waals surface area contributed by atoms with Crippen molar-refractivity contribution >= 4 is 16.0 Å². The SMILES string of the molecule is C[C@H](NS(=O)(=O)CC(=O)O)c1ccco1. The Hall–Kier alpha value is -1.34. The molecule has 0 amide bonds. The fourth-order valence-corrected chi connectivity index (χ4v) is 2.13. The number of carboxylic acid groups (broad SMARTS) is 1. The van der Waals surface area contributed by atoms with E-state index < -0.39 is 27.8 Å². The predicted octanol–water partition coefficient (Wildman–Crippen LogP) is 0.345. The van der Waals surface area contributed by atoms with Crippen LogP contribution in [0.15, 0.2) is 22.8 Å². The topological polar surface area (TPSA) is 96.6 Å². The summed E-state index contributed by atoms with van der Waals surface area (Å²) in [6.45, 7) is 1.57. The summed E-state index contributed by atoms with van der Waals surface area (Å²) >= 11 is 0. The zero-order valence-electron chi connectivity index (χ0n) is 8.00. The number of aliphatic carboxylic acids is 1. The molecule has 0 radical (unpaired) electrons. The predicted molar refractivity (Wildman–Crippen MR) is 51.7 cm³/mol. The highest BCUT2D eigenvalue weighted by atomic mass is 32.2. The lowest BCUT2D eigenvalue weighted by atomic mass is 10.3. The van der Waals surface area contributed by atoms with Gasteiger partial charge < -0.3 is 9.52 Å². The third kappa shape index (κ3) is 3.72. The van der Waals surface area contributed by atoms with Gasteiger partial charge in [-0.15, -0.1) is 0 Å². The maximum Gasteiger partial charge on any atom is 0.320 e. The third-order valence-corrected chi connectivity index (χ3v) is 2.98. The van der Waals surface area contributed by atoms with E-state index in [1.54, 1.807) is 19.1 Å². The van der Waals surface area contributed by atoms with Crippen molar-refractivity contribution in [3.63, 3.8) is 0 Å². The Balaban J connectivity index is 2.66. The van der Waals surface area contributed by atoms with E-state index >= 15 is 0 Å². The van der Waals surface area contributed by atoms with E-state index in [-0.39, 0.29) is 0 Å². The highest BCUT2D eigenvalue weighted by molar-refractivity contribution is 7.90. The summed E-state index contributed by atoms with van der Waals surface area (Å²) in [7, 11) is -3.82. The van der Waals surface area contributed by atoms with Crippen LogP contribution in [0.1, 0.15) is 18.7 Å². The molecule has 6 nitrogen and oxygen atoms in total. The van der Waals surface area contributed by atoms with Crippen molar-refractivity contribution in [3.05, 3.63) is 24.2 Å². The van der Waals surface area contributed by atoms with Gasteiger partial charge in [-0.2, -0.15) is 0 Å². The summed E-state index contributed by atoms with van der Waals surface area (Å²) in [6.07, 6.45) is 1.41. The second kappa shape index (κ2) is 4.45. The smallest absolute Gasteiger partial charge is 0.320 e. The number of furan rings is 1. The normalized spacial score (nSPS) is 13.7. The minimum Gasteiger partial charge on any atom is -0.480 e. The highest BCUT2D eigenvalue weighted by Gasteiger charge is 2.20. The molecule has 84 valence electrons. The molecule has 0 unspecified atom stereocenters. The molecule has 0 saturated carbocycles. The maximum atomic E-state index is 11.2. The number of rotatable bonds is 5. The molecular weight excluding hydrogens is 222 g/mol. The molecule has 0 aliphatic heterocycles. The number of nitrogens with one attached hydrogen (secondary N) is 1. The van der Waals surface area contributed by atoms with Crippen LogP contribution in [0.25, 0.3) is 0 Å². The molecule has 0 aliphatic carbocycles. The fraction of sp³-hybridized carbons (Fsp3) is 0.375. The van der Waals surface area contributed by atoms with E-state index in [0.29, 0.717) is 5.76 Å². The largest absolute Gasteiger partial charge is 0.480 e. The summed E-state index contributed by atoms with van der Waals surface area (Å²) in [4.78, 5) is 10.2. The van der Waals surface area contributed by atoms with Crippen molar-refractivity contribution in [2.24, 2.45) is 0 Å². The molecule has 1 heterocycles. The van der Waals surface area contributed by atoms with Gasteiger partial charge in [-0.1, -0.05) is 0 Å². The third-order valence-electron chi connectivity index (χ3n) is 1.64. The first kappa shape index (κ1) is 11.7. The van der Waals surface area contributed by atoms with Gasteiger partial charge >= 0.3 is 5.97 Å². The molecule has 0 aromatic carbocycles. The van der Waals surface area contributed by atoms with Gasteiger partial charge in [0.15, 0.2) is 5.75 Å². The maximum absolute atomic E-state index is 11.2. The van der Waals surface area contributed by atoms with Gasteiger partial charge in [0, 0.05) is 0 Å². The quantitative estimate of drug-likeness (QED) is 0.764. The average molecular weight is 233 g/mol. The second-order valence-corrected chi connectivity index (χ2v) is 4.76. The second-order valence-electron chi connectivity index (χ2n) is 3.01. The lowest BCUT2D eigenvalue weighted by molar-refractivity contribution is -0.134. The summed E-state index contributed by atoms with van der Waals surface area (Å²) in [5, 5.41) is 8.35. The Morgan fingerprint density at radius 1 is 1.67 bits per heavy atom. The van der Waals surface area contributed by atoms with Crippen molar-refractivity contribution in [1.29, 1.82) is 0 Å². The molecule has 15 heavy (non-hydrogen) atoms. The standard InChI is InChI=1S/C8H11NO5S/c1-6(7-3-2-4-14-7)9-15(12,13)5-8(10)11/h2-4,6,9H,5H2,1H3,(H,10,11)/t6-/m0/s1. The van der Waals surface area contributed by atoms with E-state index in [9.17, 15) is 13.2 Å². The van der Waals surface area contributed by atoms with E-state index in [0.717, 1.165) is 0 Å². The van der Waals surface area contributed by atoms with E-state index in [1.165, 1.54) is 6.26 Å². The first-order chi connectivity index (χ1) is 6.91.